The molecule has 4 rings (SSSR count). The molecule has 0 bridgehead atoms. The number of hydrogen-bond donors (Lipinski definition) is 0. The summed E-state index contributed by atoms with van der Waals surface area (Å²) in [6.45, 7) is 7.01. The molecular weight excluding hydrogens is 416 g/mol. The van der Waals surface area contributed by atoms with Crippen LogP contribution in [0.4, 0.5) is 0 Å². The van der Waals surface area contributed by atoms with E-state index >= 15 is 0 Å². The van der Waals surface area contributed by atoms with Gasteiger partial charge in [0.2, 0.25) is 17.6 Å². The van der Waals surface area contributed by atoms with E-state index in [4.69, 9.17) is 4.52 Å². The van der Waals surface area contributed by atoms with Crippen LogP contribution in [0.15, 0.2) is 28.8 Å². The standard InChI is InChI=1S/C22H30N4O4S/c1-16(2)17-3-5-18(6-4-17)22-23-20(30-24-22)7-8-21(27)26-12-10-25(11-13-26)19-9-14-31(28,29)15-19/h3-6,16,19H,7-15H2,1-2H3. The van der Waals surface area contributed by atoms with Gasteiger partial charge in [-0.1, -0.05) is 43.3 Å². The minimum Gasteiger partial charge on any atom is -0.340 e. The van der Waals surface area contributed by atoms with Gasteiger partial charge in [0, 0.05) is 50.6 Å². The third kappa shape index (κ3) is 5.33. The molecule has 1 amide bonds. The van der Waals surface area contributed by atoms with E-state index in [1.165, 1.54) is 5.56 Å². The summed E-state index contributed by atoms with van der Waals surface area (Å²) in [6, 6.07) is 8.23. The van der Waals surface area contributed by atoms with Crippen molar-refractivity contribution in [2.75, 3.05) is 37.7 Å². The molecule has 9 heteroatoms. The van der Waals surface area contributed by atoms with E-state index in [9.17, 15) is 13.2 Å². The molecule has 1 atom stereocenters. The monoisotopic (exact) mass is 446 g/mol. The van der Waals surface area contributed by atoms with E-state index < -0.39 is 9.84 Å². The van der Waals surface area contributed by atoms with Gasteiger partial charge >= 0.3 is 0 Å². The highest BCUT2D eigenvalue weighted by atomic mass is 32.2. The molecule has 168 valence electrons. The second-order valence-electron chi connectivity index (χ2n) is 8.76. The van der Waals surface area contributed by atoms with Gasteiger partial charge in [-0.25, -0.2) is 8.42 Å². The van der Waals surface area contributed by atoms with Crippen molar-refractivity contribution in [3.8, 4) is 11.4 Å². The van der Waals surface area contributed by atoms with Crippen molar-refractivity contribution >= 4 is 15.7 Å². The Kier molecular flexibility index (Phi) is 6.43. The van der Waals surface area contributed by atoms with Gasteiger partial charge in [0.05, 0.1) is 11.5 Å². The van der Waals surface area contributed by atoms with Gasteiger partial charge in [0.15, 0.2) is 9.84 Å². The van der Waals surface area contributed by atoms with Gasteiger partial charge < -0.3 is 9.42 Å². The highest BCUT2D eigenvalue weighted by molar-refractivity contribution is 7.91. The summed E-state index contributed by atoms with van der Waals surface area (Å²) >= 11 is 0. The van der Waals surface area contributed by atoms with Crippen molar-refractivity contribution in [3.63, 3.8) is 0 Å². The molecule has 31 heavy (non-hydrogen) atoms. The summed E-state index contributed by atoms with van der Waals surface area (Å²) in [5.74, 6) is 2.07. The molecule has 2 fully saturated rings. The number of rotatable bonds is 6. The van der Waals surface area contributed by atoms with Gasteiger partial charge in [-0.3, -0.25) is 9.69 Å². The van der Waals surface area contributed by atoms with Crippen LogP contribution in [0.25, 0.3) is 11.4 Å². The molecule has 8 nitrogen and oxygen atoms in total. The minimum absolute atomic E-state index is 0.0692. The molecule has 1 aromatic carbocycles. The summed E-state index contributed by atoms with van der Waals surface area (Å²) in [4.78, 5) is 21.1. The summed E-state index contributed by atoms with van der Waals surface area (Å²) in [5.41, 5.74) is 2.16. The van der Waals surface area contributed by atoms with Crippen LogP contribution in [-0.4, -0.2) is 78.0 Å². The molecule has 3 heterocycles. The lowest BCUT2D eigenvalue weighted by Gasteiger charge is -2.37. The van der Waals surface area contributed by atoms with Crippen molar-refractivity contribution in [2.45, 2.75) is 45.1 Å². The van der Waals surface area contributed by atoms with Crippen molar-refractivity contribution in [1.82, 2.24) is 19.9 Å². The molecule has 0 radical (unpaired) electrons. The van der Waals surface area contributed by atoms with Crippen molar-refractivity contribution < 1.29 is 17.7 Å². The van der Waals surface area contributed by atoms with Gasteiger partial charge in [0.25, 0.3) is 0 Å². The Morgan fingerprint density at radius 2 is 1.87 bits per heavy atom. The molecule has 2 aromatic rings. The molecule has 0 spiro atoms. The van der Waals surface area contributed by atoms with E-state index in [-0.39, 0.29) is 23.5 Å². The Morgan fingerprint density at radius 3 is 2.48 bits per heavy atom. The first-order valence-electron chi connectivity index (χ1n) is 11.0. The summed E-state index contributed by atoms with van der Waals surface area (Å²) in [5, 5.41) is 4.05. The first-order valence-corrected chi connectivity index (χ1v) is 12.8. The Hall–Kier alpha value is -2.26. The van der Waals surface area contributed by atoms with Gasteiger partial charge in [0.1, 0.15) is 0 Å². The highest BCUT2D eigenvalue weighted by Gasteiger charge is 2.34. The van der Waals surface area contributed by atoms with E-state index in [2.05, 4.69) is 41.0 Å². The Labute approximate surface area is 183 Å². The maximum atomic E-state index is 12.6. The average Bonchev–Trinajstić information content (AvgIpc) is 3.38. The van der Waals surface area contributed by atoms with E-state index in [0.717, 1.165) is 18.7 Å². The molecule has 2 aliphatic heterocycles. The predicted molar refractivity (Wildman–Crippen MR) is 117 cm³/mol. The largest absolute Gasteiger partial charge is 0.340 e. The maximum Gasteiger partial charge on any atom is 0.227 e. The third-order valence-corrected chi connectivity index (χ3v) is 8.00. The number of sulfone groups is 1. The number of hydrogen-bond acceptors (Lipinski definition) is 7. The van der Waals surface area contributed by atoms with Gasteiger partial charge in [-0.05, 0) is 17.9 Å². The summed E-state index contributed by atoms with van der Waals surface area (Å²) in [7, 11) is -2.88. The number of carbonyl (C=O) groups excluding carboxylic acids is 1. The zero-order valence-electron chi connectivity index (χ0n) is 18.2. The quantitative estimate of drug-likeness (QED) is 0.670. The van der Waals surface area contributed by atoms with Crippen LogP contribution < -0.4 is 0 Å². The lowest BCUT2D eigenvalue weighted by Crippen LogP contribution is -2.52. The lowest BCUT2D eigenvalue weighted by atomic mass is 10.0. The van der Waals surface area contributed by atoms with E-state index in [1.54, 1.807) is 0 Å². The number of nitrogens with zero attached hydrogens (tertiary/aromatic N) is 4. The number of benzene rings is 1. The number of piperazine rings is 1. The number of carbonyl (C=O) groups is 1. The SMILES string of the molecule is CC(C)c1ccc(-c2noc(CCC(=O)N3CCN(C4CCS(=O)(=O)C4)CC3)n2)cc1. The topological polar surface area (TPSA) is 96.6 Å². The summed E-state index contributed by atoms with van der Waals surface area (Å²) in [6.07, 6.45) is 1.44. The van der Waals surface area contributed by atoms with Crippen LogP contribution in [-0.2, 0) is 21.1 Å². The van der Waals surface area contributed by atoms with Crippen LogP contribution in [0.1, 0.15) is 44.1 Å². The lowest BCUT2D eigenvalue weighted by molar-refractivity contribution is -0.133. The first kappa shape index (κ1) is 22.0. The third-order valence-electron chi connectivity index (χ3n) is 6.25. The van der Waals surface area contributed by atoms with E-state index in [1.807, 2.05) is 17.0 Å². The first-order chi connectivity index (χ1) is 14.8. The summed E-state index contributed by atoms with van der Waals surface area (Å²) < 4.78 is 28.7. The van der Waals surface area contributed by atoms with Crippen molar-refractivity contribution in [1.29, 1.82) is 0 Å². The van der Waals surface area contributed by atoms with Crippen LogP contribution in [0.5, 0.6) is 0 Å². The molecule has 0 saturated carbocycles. The van der Waals surface area contributed by atoms with Crippen molar-refractivity contribution in [2.24, 2.45) is 0 Å². The molecule has 2 saturated heterocycles. The number of aromatic nitrogens is 2. The normalized spacial score (nSPS) is 21.6. The fourth-order valence-corrected chi connectivity index (χ4v) is 6.02. The zero-order valence-corrected chi connectivity index (χ0v) is 19.0. The Morgan fingerprint density at radius 1 is 1.16 bits per heavy atom. The second-order valence-corrected chi connectivity index (χ2v) is 11.0. The van der Waals surface area contributed by atoms with E-state index in [0.29, 0.717) is 50.0 Å². The molecular formula is C22H30N4O4S. The second kappa shape index (κ2) is 9.08. The Balaban J connectivity index is 1.25. The smallest absolute Gasteiger partial charge is 0.227 e. The molecule has 1 unspecified atom stereocenters. The zero-order chi connectivity index (χ0) is 22.0. The van der Waals surface area contributed by atoms with Crippen LogP contribution in [0, 0.1) is 0 Å². The molecule has 2 aliphatic rings. The van der Waals surface area contributed by atoms with Crippen LogP contribution in [0.3, 0.4) is 0 Å². The molecule has 0 N–H and O–H groups in total. The molecule has 0 aliphatic carbocycles. The highest BCUT2D eigenvalue weighted by Crippen LogP contribution is 2.22. The Bertz CT molecular complexity index is 1010. The van der Waals surface area contributed by atoms with Gasteiger partial charge in [-0.15, -0.1) is 0 Å². The fourth-order valence-electron chi connectivity index (χ4n) is 4.26. The predicted octanol–water partition coefficient (Wildman–Crippen LogP) is 2.12. The maximum absolute atomic E-state index is 12.6. The van der Waals surface area contributed by atoms with Crippen LogP contribution in [0.2, 0.25) is 0 Å². The molecule has 1 aromatic heterocycles. The fraction of sp³-hybridized carbons (Fsp3) is 0.591. The van der Waals surface area contributed by atoms with Crippen LogP contribution >= 0.6 is 0 Å². The van der Waals surface area contributed by atoms with Crippen molar-refractivity contribution in [3.05, 3.63) is 35.7 Å². The minimum atomic E-state index is -2.88. The van der Waals surface area contributed by atoms with Gasteiger partial charge in [-0.2, -0.15) is 4.98 Å². The number of amides is 1. The average molecular weight is 447 g/mol. The number of aryl methyl sites for hydroxylation is 1.